The lowest BCUT2D eigenvalue weighted by Gasteiger charge is -2.12. The number of rotatable bonds is 6. The lowest BCUT2D eigenvalue weighted by molar-refractivity contribution is 0.0948. The zero-order chi connectivity index (χ0) is 16.1. The largest absolute Gasteiger partial charge is 0.352 e. The summed E-state index contributed by atoms with van der Waals surface area (Å²) in [5.74, 6) is 0.405. The second-order valence-corrected chi connectivity index (χ2v) is 6.06. The van der Waals surface area contributed by atoms with Crippen molar-refractivity contribution in [3.63, 3.8) is 0 Å². The van der Waals surface area contributed by atoms with Crippen LogP contribution in [0.15, 0.2) is 30.5 Å². The fraction of sp³-hybridized carbons (Fsp3) is 0.444. The molecule has 0 aliphatic carbocycles. The first-order valence-corrected chi connectivity index (χ1v) is 7.95. The van der Waals surface area contributed by atoms with E-state index in [9.17, 15) is 4.79 Å². The zero-order valence-electron chi connectivity index (χ0n) is 13.9. The highest BCUT2D eigenvalue weighted by Crippen LogP contribution is 2.19. The number of nitrogens with one attached hydrogen (secondary N) is 1. The first-order chi connectivity index (χ1) is 10.5. The summed E-state index contributed by atoms with van der Waals surface area (Å²) in [7, 11) is 0. The number of aromatic nitrogens is 2. The molecule has 0 saturated carbocycles. The molecular weight excluding hydrogens is 274 g/mol. The monoisotopic (exact) mass is 299 g/mol. The minimum atomic E-state index is -0.0306. The lowest BCUT2D eigenvalue weighted by Crippen LogP contribution is -2.28. The van der Waals surface area contributed by atoms with Crippen molar-refractivity contribution in [1.29, 1.82) is 0 Å². The quantitative estimate of drug-likeness (QED) is 0.887. The number of para-hydroxylation sites is 1. The van der Waals surface area contributed by atoms with Crippen molar-refractivity contribution in [1.82, 2.24) is 15.1 Å². The highest BCUT2D eigenvalue weighted by Gasteiger charge is 2.18. The summed E-state index contributed by atoms with van der Waals surface area (Å²) in [6.07, 6.45) is 3.49. The molecule has 0 atom stereocenters. The predicted molar refractivity (Wildman–Crippen MR) is 89.5 cm³/mol. The van der Waals surface area contributed by atoms with E-state index in [1.807, 2.05) is 22.9 Å². The summed E-state index contributed by atoms with van der Waals surface area (Å²) in [5, 5.41) is 7.45. The van der Waals surface area contributed by atoms with E-state index in [1.54, 1.807) is 6.20 Å². The molecule has 1 heterocycles. The molecule has 0 unspecified atom stereocenters. The minimum absolute atomic E-state index is 0.0306. The van der Waals surface area contributed by atoms with E-state index < -0.39 is 0 Å². The van der Waals surface area contributed by atoms with Crippen LogP contribution in [0, 0.1) is 12.8 Å². The Morgan fingerprint density at radius 2 is 2.05 bits per heavy atom. The summed E-state index contributed by atoms with van der Waals surface area (Å²) >= 11 is 0. The van der Waals surface area contributed by atoms with Crippen LogP contribution in [0.1, 0.15) is 48.8 Å². The van der Waals surface area contributed by atoms with Gasteiger partial charge in [-0.1, -0.05) is 45.4 Å². The fourth-order valence-corrected chi connectivity index (χ4v) is 2.44. The zero-order valence-corrected chi connectivity index (χ0v) is 13.9. The highest BCUT2D eigenvalue weighted by atomic mass is 16.1. The van der Waals surface area contributed by atoms with Crippen LogP contribution in [0.4, 0.5) is 0 Å². The molecule has 0 spiro atoms. The third kappa shape index (κ3) is 3.56. The van der Waals surface area contributed by atoms with Gasteiger partial charge in [0.25, 0.3) is 5.91 Å². The molecule has 0 aliphatic heterocycles. The number of hydrogen-bond donors (Lipinski definition) is 1. The van der Waals surface area contributed by atoms with Gasteiger partial charge in [-0.05, 0) is 30.9 Å². The minimum Gasteiger partial charge on any atom is -0.352 e. The molecule has 118 valence electrons. The average molecular weight is 299 g/mol. The van der Waals surface area contributed by atoms with E-state index in [4.69, 9.17) is 0 Å². The van der Waals surface area contributed by atoms with Crippen molar-refractivity contribution in [2.45, 2.75) is 40.5 Å². The molecule has 1 aromatic heterocycles. The van der Waals surface area contributed by atoms with Crippen molar-refractivity contribution in [2.75, 3.05) is 6.54 Å². The van der Waals surface area contributed by atoms with Gasteiger partial charge in [0.1, 0.15) is 0 Å². The van der Waals surface area contributed by atoms with E-state index in [0.29, 0.717) is 18.0 Å². The summed E-state index contributed by atoms with van der Waals surface area (Å²) in [4.78, 5) is 12.4. The third-order valence-electron chi connectivity index (χ3n) is 3.61. The van der Waals surface area contributed by atoms with E-state index in [-0.39, 0.29) is 5.91 Å². The number of carbonyl (C=O) groups excluding carboxylic acids is 1. The molecule has 1 amide bonds. The van der Waals surface area contributed by atoms with E-state index in [2.05, 4.69) is 44.2 Å². The van der Waals surface area contributed by atoms with Crippen LogP contribution in [0.3, 0.4) is 0 Å². The summed E-state index contributed by atoms with van der Waals surface area (Å²) in [6.45, 7) is 9.03. The molecule has 4 nitrogen and oxygen atoms in total. The first-order valence-electron chi connectivity index (χ1n) is 7.95. The molecule has 0 aliphatic rings. The van der Waals surface area contributed by atoms with Crippen molar-refractivity contribution in [2.24, 2.45) is 5.92 Å². The van der Waals surface area contributed by atoms with E-state index in [1.165, 1.54) is 0 Å². The van der Waals surface area contributed by atoms with Crippen LogP contribution < -0.4 is 5.32 Å². The molecule has 0 fully saturated rings. The van der Waals surface area contributed by atoms with Gasteiger partial charge >= 0.3 is 0 Å². The van der Waals surface area contributed by atoms with Gasteiger partial charge in [0.05, 0.1) is 23.1 Å². The highest BCUT2D eigenvalue weighted by molar-refractivity contribution is 5.95. The Morgan fingerprint density at radius 3 is 2.68 bits per heavy atom. The Bertz CT molecular complexity index is 644. The number of hydrogen-bond acceptors (Lipinski definition) is 2. The molecular formula is C18H25N3O. The second-order valence-electron chi connectivity index (χ2n) is 6.06. The smallest absolute Gasteiger partial charge is 0.254 e. The van der Waals surface area contributed by atoms with Gasteiger partial charge in [-0.25, -0.2) is 4.68 Å². The molecule has 0 bridgehead atoms. The number of benzene rings is 1. The molecule has 1 aromatic carbocycles. The van der Waals surface area contributed by atoms with Gasteiger partial charge in [0, 0.05) is 6.54 Å². The van der Waals surface area contributed by atoms with Crippen LogP contribution in [-0.2, 0) is 6.42 Å². The molecule has 1 N–H and O–H groups in total. The maximum absolute atomic E-state index is 12.4. The van der Waals surface area contributed by atoms with Crippen LogP contribution in [-0.4, -0.2) is 22.2 Å². The summed E-state index contributed by atoms with van der Waals surface area (Å²) in [5.41, 5.74) is 3.86. The van der Waals surface area contributed by atoms with Gasteiger partial charge in [0.2, 0.25) is 0 Å². The summed E-state index contributed by atoms with van der Waals surface area (Å²) in [6, 6.07) is 8.11. The van der Waals surface area contributed by atoms with Crippen molar-refractivity contribution in [3.05, 3.63) is 47.3 Å². The normalized spacial score (nSPS) is 11.0. The Balaban J connectivity index is 2.37. The average Bonchev–Trinajstić information content (AvgIpc) is 2.89. The molecule has 2 rings (SSSR count). The van der Waals surface area contributed by atoms with Crippen LogP contribution in [0.25, 0.3) is 5.69 Å². The fourth-order valence-electron chi connectivity index (χ4n) is 2.44. The maximum Gasteiger partial charge on any atom is 0.254 e. The third-order valence-corrected chi connectivity index (χ3v) is 3.61. The van der Waals surface area contributed by atoms with Crippen molar-refractivity contribution < 1.29 is 4.79 Å². The van der Waals surface area contributed by atoms with Crippen LogP contribution in [0.5, 0.6) is 0 Å². The molecule has 0 radical (unpaired) electrons. The lowest BCUT2D eigenvalue weighted by atomic mass is 10.1. The Kier molecular flexibility index (Phi) is 5.36. The topological polar surface area (TPSA) is 46.9 Å². The van der Waals surface area contributed by atoms with E-state index in [0.717, 1.165) is 29.8 Å². The van der Waals surface area contributed by atoms with Crippen molar-refractivity contribution in [3.8, 4) is 5.69 Å². The van der Waals surface area contributed by atoms with Gasteiger partial charge < -0.3 is 5.32 Å². The maximum atomic E-state index is 12.4. The van der Waals surface area contributed by atoms with E-state index >= 15 is 0 Å². The SMILES string of the molecule is CCCc1c(C(=O)NCC(C)C)cnn1-c1ccccc1C. The molecule has 2 aromatic rings. The van der Waals surface area contributed by atoms with Gasteiger partial charge in [0.15, 0.2) is 0 Å². The molecule has 4 heteroatoms. The number of carbonyl (C=O) groups is 1. The second kappa shape index (κ2) is 7.25. The standard InChI is InChI=1S/C18H25N3O/c1-5-8-17-15(18(22)19-11-13(2)3)12-20-21(17)16-10-7-6-9-14(16)4/h6-7,9-10,12-13H,5,8,11H2,1-4H3,(H,19,22). The van der Waals surface area contributed by atoms with Crippen molar-refractivity contribution >= 4 is 5.91 Å². The Hall–Kier alpha value is -2.10. The van der Waals surface area contributed by atoms with Gasteiger partial charge in [-0.3, -0.25) is 4.79 Å². The predicted octanol–water partition coefficient (Wildman–Crippen LogP) is 3.52. The molecule has 22 heavy (non-hydrogen) atoms. The van der Waals surface area contributed by atoms with Gasteiger partial charge in [-0.2, -0.15) is 5.10 Å². The number of nitrogens with zero attached hydrogens (tertiary/aromatic N) is 2. The number of amides is 1. The Morgan fingerprint density at radius 1 is 1.32 bits per heavy atom. The van der Waals surface area contributed by atoms with Crippen LogP contribution in [0.2, 0.25) is 0 Å². The first kappa shape index (κ1) is 16.3. The Labute approximate surface area is 132 Å². The number of aryl methyl sites for hydroxylation is 1. The molecule has 0 saturated heterocycles. The van der Waals surface area contributed by atoms with Crippen LogP contribution >= 0.6 is 0 Å². The summed E-state index contributed by atoms with van der Waals surface area (Å²) < 4.78 is 1.91. The van der Waals surface area contributed by atoms with Gasteiger partial charge in [-0.15, -0.1) is 0 Å².